The minimum atomic E-state index is -3.83. The van der Waals surface area contributed by atoms with E-state index in [1.165, 1.54) is 0 Å². The van der Waals surface area contributed by atoms with Gasteiger partial charge in [0.05, 0.1) is 16.1 Å². The van der Waals surface area contributed by atoms with Gasteiger partial charge in [-0.05, 0) is 12.1 Å². The van der Waals surface area contributed by atoms with Gasteiger partial charge in [-0.1, -0.05) is 0 Å². The summed E-state index contributed by atoms with van der Waals surface area (Å²) in [4.78, 5) is 9.67. The van der Waals surface area contributed by atoms with Crippen molar-refractivity contribution in [1.82, 2.24) is 9.44 Å². The summed E-state index contributed by atoms with van der Waals surface area (Å²) in [5.41, 5.74) is -0.220. The largest absolute Gasteiger partial charge is 0.269 e. The number of nitrogens with zero attached hydrogens (tertiary/aromatic N) is 1. The van der Waals surface area contributed by atoms with Gasteiger partial charge in [-0.3, -0.25) is 10.1 Å². The molecule has 1 rings (SSSR count). The highest BCUT2D eigenvalue weighted by Crippen LogP contribution is 2.15. The first-order valence-corrected chi connectivity index (χ1v) is 8.68. The molecule has 0 aliphatic rings. The fourth-order valence-corrected chi connectivity index (χ4v) is 2.76. The smallest absolute Gasteiger partial charge is 0.258 e. The fraction of sp³-hybridized carbons (Fsp3) is 0.333. The molecule has 0 aliphatic heterocycles. The summed E-state index contributed by atoms with van der Waals surface area (Å²) in [5.74, 6) is 0. The maximum atomic E-state index is 11.8. The zero-order chi connectivity index (χ0) is 15.4. The van der Waals surface area contributed by atoms with Crippen LogP contribution in [-0.4, -0.2) is 41.1 Å². The van der Waals surface area contributed by atoms with Crippen molar-refractivity contribution in [3.8, 4) is 0 Å². The molecule has 0 bridgehead atoms. The summed E-state index contributed by atoms with van der Waals surface area (Å²) < 4.78 is 49.4. The van der Waals surface area contributed by atoms with Crippen LogP contribution >= 0.6 is 0 Å². The van der Waals surface area contributed by atoms with Crippen molar-refractivity contribution in [1.29, 1.82) is 0 Å². The number of rotatable bonds is 7. The van der Waals surface area contributed by atoms with Gasteiger partial charge in [-0.25, -0.2) is 26.3 Å². The molecule has 0 saturated carbocycles. The minimum Gasteiger partial charge on any atom is -0.258 e. The van der Waals surface area contributed by atoms with E-state index in [0.29, 0.717) is 0 Å². The Morgan fingerprint density at radius 1 is 1.05 bits per heavy atom. The van der Waals surface area contributed by atoms with E-state index in [0.717, 1.165) is 30.5 Å². The Balaban J connectivity index is 2.67. The predicted octanol–water partition coefficient (Wildman–Crippen LogP) is -0.578. The summed E-state index contributed by atoms with van der Waals surface area (Å²) in [7, 11) is -7.21. The molecule has 112 valence electrons. The van der Waals surface area contributed by atoms with E-state index in [4.69, 9.17) is 0 Å². The average molecular weight is 323 g/mol. The van der Waals surface area contributed by atoms with Crippen molar-refractivity contribution in [2.75, 3.05) is 19.3 Å². The summed E-state index contributed by atoms with van der Waals surface area (Å²) in [5, 5.41) is 10.4. The number of non-ortho nitro benzene ring substituents is 1. The first-order valence-electron chi connectivity index (χ1n) is 5.30. The van der Waals surface area contributed by atoms with Crippen LogP contribution < -0.4 is 9.44 Å². The van der Waals surface area contributed by atoms with E-state index < -0.39 is 25.0 Å². The number of nitro benzene ring substituents is 1. The van der Waals surface area contributed by atoms with Gasteiger partial charge in [0.25, 0.3) is 5.69 Å². The lowest BCUT2D eigenvalue weighted by molar-refractivity contribution is -0.384. The summed E-state index contributed by atoms with van der Waals surface area (Å²) >= 11 is 0. The van der Waals surface area contributed by atoms with Gasteiger partial charge in [0.1, 0.15) is 0 Å². The minimum absolute atomic E-state index is 0.0922. The Morgan fingerprint density at radius 3 is 2.00 bits per heavy atom. The molecule has 11 heteroatoms. The lowest BCUT2D eigenvalue weighted by atomic mass is 10.3. The maximum absolute atomic E-state index is 11.8. The summed E-state index contributed by atoms with van der Waals surface area (Å²) in [6.45, 7) is -0.225. The average Bonchev–Trinajstić information content (AvgIpc) is 2.34. The van der Waals surface area contributed by atoms with E-state index in [1.54, 1.807) is 0 Å². The molecule has 1 aromatic carbocycles. The lowest BCUT2D eigenvalue weighted by Gasteiger charge is -2.06. The first-order chi connectivity index (χ1) is 9.12. The van der Waals surface area contributed by atoms with Crippen molar-refractivity contribution < 1.29 is 21.8 Å². The zero-order valence-electron chi connectivity index (χ0n) is 10.4. The molecule has 0 heterocycles. The Hall–Kier alpha value is -1.56. The van der Waals surface area contributed by atoms with Crippen LogP contribution in [0.5, 0.6) is 0 Å². The highest BCUT2D eigenvalue weighted by molar-refractivity contribution is 7.89. The third-order valence-electron chi connectivity index (χ3n) is 2.14. The van der Waals surface area contributed by atoms with Crippen LogP contribution in [0.3, 0.4) is 0 Å². The van der Waals surface area contributed by atoms with Crippen LogP contribution in [0.2, 0.25) is 0 Å². The number of nitrogens with one attached hydrogen (secondary N) is 2. The van der Waals surface area contributed by atoms with Crippen molar-refractivity contribution >= 4 is 25.7 Å². The number of hydrogen-bond acceptors (Lipinski definition) is 6. The van der Waals surface area contributed by atoms with E-state index >= 15 is 0 Å². The third kappa shape index (κ3) is 5.21. The van der Waals surface area contributed by atoms with Gasteiger partial charge >= 0.3 is 0 Å². The second kappa shape index (κ2) is 6.26. The summed E-state index contributed by atoms with van der Waals surface area (Å²) in [6, 6.07) is 4.35. The number of nitro groups is 1. The SMILES string of the molecule is CS(=O)(=O)NCCNS(=O)(=O)c1ccc([N+](=O)[O-])cc1. The molecule has 0 saturated heterocycles. The molecule has 9 nitrogen and oxygen atoms in total. The van der Waals surface area contributed by atoms with Crippen LogP contribution in [0.15, 0.2) is 29.2 Å². The standard InChI is InChI=1S/C9H13N3O6S2/c1-19(15,16)10-6-7-11-20(17,18)9-4-2-8(3-5-9)12(13)14/h2-5,10-11H,6-7H2,1H3. The van der Waals surface area contributed by atoms with Crippen molar-refractivity contribution in [2.45, 2.75) is 4.90 Å². The quantitative estimate of drug-likeness (QED) is 0.391. The van der Waals surface area contributed by atoms with E-state index in [2.05, 4.69) is 9.44 Å². The molecule has 1 aromatic rings. The Bertz CT molecular complexity index is 681. The Labute approximate surface area is 116 Å². The van der Waals surface area contributed by atoms with Gasteiger partial charge in [0.15, 0.2) is 0 Å². The molecule has 0 aliphatic carbocycles. The predicted molar refractivity (Wildman–Crippen MR) is 71.1 cm³/mol. The third-order valence-corrected chi connectivity index (χ3v) is 4.34. The monoisotopic (exact) mass is 323 g/mol. The molecule has 0 radical (unpaired) electrons. The molecule has 0 spiro atoms. The molecular weight excluding hydrogens is 310 g/mol. The van der Waals surface area contributed by atoms with E-state index in [9.17, 15) is 26.9 Å². The van der Waals surface area contributed by atoms with Gasteiger partial charge in [0.2, 0.25) is 20.0 Å². The number of benzene rings is 1. The van der Waals surface area contributed by atoms with Crippen molar-refractivity contribution in [3.05, 3.63) is 34.4 Å². The summed E-state index contributed by atoms with van der Waals surface area (Å²) in [6.07, 6.45) is 0.956. The Morgan fingerprint density at radius 2 is 1.55 bits per heavy atom. The highest BCUT2D eigenvalue weighted by atomic mass is 32.2. The van der Waals surface area contributed by atoms with Crippen LogP contribution in [0.4, 0.5) is 5.69 Å². The van der Waals surface area contributed by atoms with Gasteiger partial charge in [0, 0.05) is 25.2 Å². The van der Waals surface area contributed by atoms with Crippen LogP contribution in [-0.2, 0) is 20.0 Å². The Kier molecular flexibility index (Phi) is 5.16. The lowest BCUT2D eigenvalue weighted by Crippen LogP contribution is -2.34. The maximum Gasteiger partial charge on any atom is 0.269 e. The molecular formula is C9H13N3O6S2. The number of sulfonamides is 2. The van der Waals surface area contributed by atoms with Crippen molar-refractivity contribution in [2.24, 2.45) is 0 Å². The van der Waals surface area contributed by atoms with Crippen LogP contribution in [0.25, 0.3) is 0 Å². The van der Waals surface area contributed by atoms with Crippen LogP contribution in [0, 0.1) is 10.1 Å². The molecule has 0 fully saturated rings. The first kappa shape index (κ1) is 16.5. The molecule has 0 unspecified atom stereocenters. The molecule has 0 atom stereocenters. The second-order valence-corrected chi connectivity index (χ2v) is 7.42. The second-order valence-electron chi connectivity index (χ2n) is 3.82. The topological polar surface area (TPSA) is 135 Å². The van der Waals surface area contributed by atoms with E-state index in [1.807, 2.05) is 0 Å². The molecule has 0 amide bonds. The highest BCUT2D eigenvalue weighted by Gasteiger charge is 2.15. The van der Waals surface area contributed by atoms with Crippen molar-refractivity contribution in [3.63, 3.8) is 0 Å². The van der Waals surface area contributed by atoms with Gasteiger partial charge in [-0.2, -0.15) is 0 Å². The fourth-order valence-electron chi connectivity index (χ4n) is 1.25. The molecule has 2 N–H and O–H groups in total. The van der Waals surface area contributed by atoms with Crippen LogP contribution in [0.1, 0.15) is 0 Å². The van der Waals surface area contributed by atoms with Gasteiger partial charge < -0.3 is 0 Å². The zero-order valence-corrected chi connectivity index (χ0v) is 12.1. The number of hydrogen-bond donors (Lipinski definition) is 2. The normalized spacial score (nSPS) is 12.2. The molecule has 20 heavy (non-hydrogen) atoms. The van der Waals surface area contributed by atoms with Gasteiger partial charge in [-0.15, -0.1) is 0 Å². The molecule has 0 aromatic heterocycles. The van der Waals surface area contributed by atoms with E-state index in [-0.39, 0.29) is 23.7 Å².